The van der Waals surface area contributed by atoms with Crippen LogP contribution in [0.5, 0.6) is 0 Å². The molecule has 1 fully saturated rings. The van der Waals surface area contributed by atoms with E-state index >= 15 is 0 Å². The molecule has 0 radical (unpaired) electrons. The maximum Gasteiger partial charge on any atom is 0.301 e. The maximum absolute atomic E-state index is 13.1. The van der Waals surface area contributed by atoms with Crippen molar-refractivity contribution in [2.75, 3.05) is 19.6 Å². The van der Waals surface area contributed by atoms with Crippen LogP contribution in [0, 0.1) is 0 Å². The van der Waals surface area contributed by atoms with E-state index in [9.17, 15) is 18.0 Å². The van der Waals surface area contributed by atoms with Crippen LogP contribution >= 0.6 is 0 Å². The van der Waals surface area contributed by atoms with Gasteiger partial charge in [0.2, 0.25) is 5.91 Å². The fourth-order valence-corrected chi connectivity index (χ4v) is 4.33. The van der Waals surface area contributed by atoms with Gasteiger partial charge in [-0.05, 0) is 40.8 Å². The van der Waals surface area contributed by atoms with E-state index in [1.807, 2.05) is 23.1 Å². The van der Waals surface area contributed by atoms with Crippen molar-refractivity contribution >= 4 is 16.7 Å². The highest BCUT2D eigenvalue weighted by molar-refractivity contribution is 5.89. The molecule has 27 heavy (non-hydrogen) atoms. The van der Waals surface area contributed by atoms with Crippen LogP contribution in [0.4, 0.5) is 13.2 Å². The summed E-state index contributed by atoms with van der Waals surface area (Å²) in [5, 5.41) is 5.45. The zero-order chi connectivity index (χ0) is 19.0. The summed E-state index contributed by atoms with van der Waals surface area (Å²) < 4.78 is 37.6. The van der Waals surface area contributed by atoms with Gasteiger partial charge < -0.3 is 10.2 Å². The van der Waals surface area contributed by atoms with Crippen molar-refractivity contribution in [3.63, 3.8) is 0 Å². The Kier molecular flexibility index (Phi) is 4.68. The highest BCUT2D eigenvalue weighted by atomic mass is 19.3. The number of nitrogens with zero attached hydrogens (tertiary/aromatic N) is 1. The number of carbonyl (C=O) groups excluding carboxylic acids is 1. The molecule has 1 saturated heterocycles. The SMILES string of the molecule is O=C1Cc2cc3ccccc3cc2C2(CCN(CCC(F)=C(F)F)CC2)N1. The van der Waals surface area contributed by atoms with E-state index in [4.69, 9.17) is 0 Å². The first-order chi connectivity index (χ1) is 13.0. The van der Waals surface area contributed by atoms with Gasteiger partial charge in [0.05, 0.1) is 12.0 Å². The van der Waals surface area contributed by atoms with E-state index in [2.05, 4.69) is 23.5 Å². The van der Waals surface area contributed by atoms with E-state index < -0.39 is 17.4 Å². The molecule has 0 aliphatic carbocycles. The molecule has 0 aromatic heterocycles. The lowest BCUT2D eigenvalue weighted by Gasteiger charge is -2.46. The Labute approximate surface area is 155 Å². The second-order valence-corrected chi connectivity index (χ2v) is 7.42. The summed E-state index contributed by atoms with van der Waals surface area (Å²) in [6.07, 6.45) is -0.759. The normalized spacial score (nSPS) is 19.0. The summed E-state index contributed by atoms with van der Waals surface area (Å²) in [6.45, 7) is 1.53. The molecule has 2 aromatic rings. The van der Waals surface area contributed by atoms with E-state index in [0.717, 1.165) is 21.9 Å². The molecule has 2 aromatic carbocycles. The lowest BCUT2D eigenvalue weighted by atomic mass is 9.75. The number of piperidine rings is 1. The van der Waals surface area contributed by atoms with Crippen LogP contribution in [0.25, 0.3) is 10.8 Å². The summed E-state index contributed by atoms with van der Waals surface area (Å²) in [6, 6.07) is 12.4. The van der Waals surface area contributed by atoms with Crippen molar-refractivity contribution < 1.29 is 18.0 Å². The summed E-state index contributed by atoms with van der Waals surface area (Å²) in [4.78, 5) is 14.3. The molecule has 2 aliphatic heterocycles. The molecular weight excluding hydrogens is 353 g/mol. The number of amides is 1. The van der Waals surface area contributed by atoms with Gasteiger partial charge in [-0.15, -0.1) is 0 Å². The van der Waals surface area contributed by atoms with Gasteiger partial charge in [-0.1, -0.05) is 30.3 Å². The minimum atomic E-state index is -2.23. The Balaban J connectivity index is 1.57. The van der Waals surface area contributed by atoms with E-state index in [0.29, 0.717) is 32.4 Å². The van der Waals surface area contributed by atoms with Gasteiger partial charge in [0.25, 0.3) is 0 Å². The lowest BCUT2D eigenvalue weighted by molar-refractivity contribution is -0.124. The molecule has 4 rings (SSSR count). The number of carbonyl (C=O) groups is 1. The maximum atomic E-state index is 13.1. The molecule has 2 aliphatic rings. The molecule has 0 bridgehead atoms. The van der Waals surface area contributed by atoms with Crippen LogP contribution in [0.3, 0.4) is 0 Å². The molecule has 1 spiro atoms. The van der Waals surface area contributed by atoms with Gasteiger partial charge in [-0.25, -0.2) is 4.39 Å². The quantitative estimate of drug-likeness (QED) is 0.870. The number of benzene rings is 2. The molecule has 6 heteroatoms. The molecule has 0 saturated carbocycles. The first-order valence-electron chi connectivity index (χ1n) is 9.22. The third-order valence-electron chi connectivity index (χ3n) is 5.78. The number of nitrogens with one attached hydrogen (secondary N) is 1. The molecule has 1 N–H and O–H groups in total. The summed E-state index contributed by atoms with van der Waals surface area (Å²) in [5.41, 5.74) is 1.78. The minimum Gasteiger partial charge on any atom is -0.346 e. The molecule has 3 nitrogen and oxygen atoms in total. The van der Waals surface area contributed by atoms with E-state index in [1.54, 1.807) is 0 Å². The summed E-state index contributed by atoms with van der Waals surface area (Å²) in [5.74, 6) is -1.32. The Bertz CT molecular complexity index is 913. The second-order valence-electron chi connectivity index (χ2n) is 7.42. The zero-order valence-electron chi connectivity index (χ0n) is 14.9. The lowest BCUT2D eigenvalue weighted by Crippen LogP contribution is -2.56. The molecule has 2 heterocycles. The highest BCUT2D eigenvalue weighted by Gasteiger charge is 2.41. The second kappa shape index (κ2) is 7.00. The monoisotopic (exact) mass is 374 g/mol. The average Bonchev–Trinajstić information content (AvgIpc) is 2.66. The van der Waals surface area contributed by atoms with Crippen LogP contribution in [-0.2, 0) is 16.8 Å². The van der Waals surface area contributed by atoms with Crippen LogP contribution < -0.4 is 5.32 Å². The van der Waals surface area contributed by atoms with Crippen molar-refractivity contribution in [2.24, 2.45) is 0 Å². The van der Waals surface area contributed by atoms with Crippen molar-refractivity contribution in [2.45, 2.75) is 31.2 Å². The standard InChI is InChI=1S/C21H21F3N2O/c22-18(20(23)24)5-8-26-9-6-21(7-10-26)17-12-15-4-2-1-3-14(15)11-16(17)13-19(27)25-21/h1-4,11-12H,5-10,13H2,(H,25,27). The minimum absolute atomic E-state index is 0.0136. The van der Waals surface area contributed by atoms with Crippen molar-refractivity contribution in [1.82, 2.24) is 10.2 Å². The third-order valence-corrected chi connectivity index (χ3v) is 5.78. The molecular formula is C21H21F3N2O. The van der Waals surface area contributed by atoms with E-state index in [1.165, 1.54) is 0 Å². The molecule has 0 atom stereocenters. The van der Waals surface area contributed by atoms with Crippen molar-refractivity contribution in [3.8, 4) is 0 Å². The van der Waals surface area contributed by atoms with Gasteiger partial charge >= 0.3 is 6.08 Å². The third kappa shape index (κ3) is 3.46. The number of rotatable bonds is 3. The summed E-state index contributed by atoms with van der Waals surface area (Å²) in [7, 11) is 0. The Morgan fingerprint density at radius 3 is 2.41 bits per heavy atom. The smallest absolute Gasteiger partial charge is 0.301 e. The van der Waals surface area contributed by atoms with Gasteiger partial charge in [0.15, 0.2) is 5.83 Å². The Hall–Kier alpha value is -2.34. The number of likely N-dealkylation sites (tertiary alicyclic amines) is 1. The van der Waals surface area contributed by atoms with Gasteiger partial charge in [0.1, 0.15) is 0 Å². The van der Waals surface area contributed by atoms with Crippen molar-refractivity contribution in [1.29, 1.82) is 0 Å². The van der Waals surface area contributed by atoms with Gasteiger partial charge in [-0.2, -0.15) is 8.78 Å². The van der Waals surface area contributed by atoms with Crippen LogP contribution in [0.15, 0.2) is 48.3 Å². The summed E-state index contributed by atoms with van der Waals surface area (Å²) >= 11 is 0. The Morgan fingerprint density at radius 1 is 1.07 bits per heavy atom. The van der Waals surface area contributed by atoms with Crippen LogP contribution in [0.2, 0.25) is 0 Å². The number of hydrogen-bond donors (Lipinski definition) is 1. The molecule has 1 amide bonds. The first-order valence-corrected chi connectivity index (χ1v) is 9.22. The number of hydrogen-bond acceptors (Lipinski definition) is 2. The van der Waals surface area contributed by atoms with E-state index in [-0.39, 0.29) is 18.9 Å². The zero-order valence-corrected chi connectivity index (χ0v) is 14.9. The van der Waals surface area contributed by atoms with Crippen LogP contribution in [-0.4, -0.2) is 30.4 Å². The van der Waals surface area contributed by atoms with Crippen LogP contribution in [0.1, 0.15) is 30.4 Å². The highest BCUT2D eigenvalue weighted by Crippen LogP contribution is 2.39. The first kappa shape index (κ1) is 18.0. The Morgan fingerprint density at radius 2 is 1.74 bits per heavy atom. The molecule has 0 unspecified atom stereocenters. The topological polar surface area (TPSA) is 32.3 Å². The number of halogens is 3. The number of fused-ring (bicyclic) bond motifs is 3. The van der Waals surface area contributed by atoms with Gasteiger partial charge in [0, 0.05) is 26.1 Å². The predicted octanol–water partition coefficient (Wildman–Crippen LogP) is 4.27. The predicted molar refractivity (Wildman–Crippen MR) is 98.1 cm³/mol. The fourth-order valence-electron chi connectivity index (χ4n) is 4.33. The fraction of sp³-hybridized carbons (Fsp3) is 0.381. The van der Waals surface area contributed by atoms with Gasteiger partial charge in [-0.3, -0.25) is 4.79 Å². The molecule has 142 valence electrons. The average molecular weight is 374 g/mol. The van der Waals surface area contributed by atoms with Crippen molar-refractivity contribution in [3.05, 3.63) is 59.4 Å². The largest absolute Gasteiger partial charge is 0.346 e.